The van der Waals surface area contributed by atoms with Gasteiger partial charge in [-0.2, -0.15) is 22.7 Å². The predicted molar refractivity (Wildman–Crippen MR) is 108 cm³/mol. The molecule has 0 spiro atoms. The Labute approximate surface area is 175 Å². The lowest BCUT2D eigenvalue weighted by molar-refractivity contribution is -0.137. The molecule has 0 aliphatic rings. The third-order valence-electron chi connectivity index (χ3n) is 4.49. The average Bonchev–Trinajstić information content (AvgIpc) is 3.46. The van der Waals surface area contributed by atoms with E-state index in [1.54, 1.807) is 36.7 Å². The fraction of sp³-hybridized carbons (Fsp3) is 0.0476. The van der Waals surface area contributed by atoms with Crippen LogP contribution < -0.4 is 10.1 Å². The molecule has 4 aromatic heterocycles. The van der Waals surface area contributed by atoms with Gasteiger partial charge in [0.15, 0.2) is 5.82 Å². The van der Waals surface area contributed by atoms with Gasteiger partial charge in [-0.3, -0.25) is 9.78 Å². The summed E-state index contributed by atoms with van der Waals surface area (Å²) in [7, 11) is 0. The molecule has 0 amide bonds. The zero-order valence-electron chi connectivity index (χ0n) is 15.5. The zero-order chi connectivity index (χ0) is 21.6. The summed E-state index contributed by atoms with van der Waals surface area (Å²) in [5.74, 6) is 1.02. The average molecular weight is 440 g/mol. The first-order chi connectivity index (χ1) is 14.9. The Hall–Kier alpha value is -3.79. The SMILES string of the molecule is O=c1c(=Cc2ccc(-c3cccc(C(F)(F)F)c3)o2)sc2nc(-c3ccncc3)nn12. The molecule has 0 aliphatic carbocycles. The summed E-state index contributed by atoms with van der Waals surface area (Å²) >= 11 is 1.14. The van der Waals surface area contributed by atoms with Crippen molar-refractivity contribution in [3.8, 4) is 22.7 Å². The Morgan fingerprint density at radius 1 is 1.03 bits per heavy atom. The van der Waals surface area contributed by atoms with Crippen molar-refractivity contribution in [1.82, 2.24) is 19.6 Å². The smallest absolute Gasteiger partial charge is 0.416 e. The zero-order valence-corrected chi connectivity index (χ0v) is 16.3. The van der Waals surface area contributed by atoms with Gasteiger partial charge in [0, 0.05) is 29.6 Å². The summed E-state index contributed by atoms with van der Waals surface area (Å²) in [4.78, 5) is 21.4. The van der Waals surface area contributed by atoms with E-state index in [4.69, 9.17) is 4.42 Å². The number of benzene rings is 1. The molecule has 0 unspecified atom stereocenters. The van der Waals surface area contributed by atoms with Crippen molar-refractivity contribution in [1.29, 1.82) is 0 Å². The normalized spacial score (nSPS) is 12.7. The van der Waals surface area contributed by atoms with E-state index < -0.39 is 11.7 Å². The van der Waals surface area contributed by atoms with Crippen LogP contribution in [0.1, 0.15) is 11.3 Å². The van der Waals surface area contributed by atoms with Gasteiger partial charge >= 0.3 is 6.18 Å². The van der Waals surface area contributed by atoms with Crippen LogP contribution >= 0.6 is 11.3 Å². The highest BCUT2D eigenvalue weighted by atomic mass is 32.1. The first kappa shape index (κ1) is 19.2. The molecule has 0 N–H and O–H groups in total. The van der Waals surface area contributed by atoms with Gasteiger partial charge in [-0.05, 0) is 36.4 Å². The fourth-order valence-corrected chi connectivity index (χ4v) is 3.91. The number of thiazole rings is 1. The molecule has 5 rings (SSSR count). The molecule has 0 aliphatic heterocycles. The molecule has 0 fully saturated rings. The largest absolute Gasteiger partial charge is 0.457 e. The van der Waals surface area contributed by atoms with Gasteiger partial charge in [-0.15, -0.1) is 5.10 Å². The third-order valence-corrected chi connectivity index (χ3v) is 5.45. The van der Waals surface area contributed by atoms with Crippen molar-refractivity contribution < 1.29 is 17.6 Å². The van der Waals surface area contributed by atoms with E-state index in [2.05, 4.69) is 15.1 Å². The van der Waals surface area contributed by atoms with Crippen LogP contribution in [0, 0.1) is 0 Å². The lowest BCUT2D eigenvalue weighted by Gasteiger charge is -2.07. The first-order valence-corrected chi connectivity index (χ1v) is 9.79. The maximum absolute atomic E-state index is 12.9. The quantitative estimate of drug-likeness (QED) is 0.423. The molecule has 0 atom stereocenters. The summed E-state index contributed by atoms with van der Waals surface area (Å²) in [6.07, 6.45) is 0.302. The van der Waals surface area contributed by atoms with Gasteiger partial charge in [0.1, 0.15) is 16.1 Å². The Kier molecular flexibility index (Phi) is 4.44. The summed E-state index contributed by atoms with van der Waals surface area (Å²) in [5, 5.41) is 4.25. The predicted octanol–water partition coefficient (Wildman–Crippen LogP) is 4.04. The van der Waals surface area contributed by atoms with E-state index in [1.807, 2.05) is 0 Å². The second-order valence-electron chi connectivity index (χ2n) is 6.56. The maximum atomic E-state index is 12.9. The molecular formula is C21H11F3N4O2S. The van der Waals surface area contributed by atoms with Crippen LogP contribution in [0.5, 0.6) is 0 Å². The van der Waals surface area contributed by atoms with Gasteiger partial charge in [0.25, 0.3) is 5.56 Å². The van der Waals surface area contributed by atoms with E-state index in [0.717, 1.165) is 29.0 Å². The highest BCUT2D eigenvalue weighted by Gasteiger charge is 2.30. The molecule has 31 heavy (non-hydrogen) atoms. The molecule has 5 aromatic rings. The second kappa shape index (κ2) is 7.17. The monoisotopic (exact) mass is 440 g/mol. The number of pyridine rings is 1. The summed E-state index contributed by atoms with van der Waals surface area (Å²) < 4.78 is 46.0. The second-order valence-corrected chi connectivity index (χ2v) is 7.57. The Morgan fingerprint density at radius 3 is 2.58 bits per heavy atom. The van der Waals surface area contributed by atoms with Crippen molar-refractivity contribution >= 4 is 22.4 Å². The number of alkyl halides is 3. The summed E-state index contributed by atoms with van der Waals surface area (Å²) in [5.41, 5.74) is -0.0804. The molecule has 4 heterocycles. The Bertz CT molecular complexity index is 1500. The van der Waals surface area contributed by atoms with Crippen LogP contribution in [-0.2, 0) is 6.18 Å². The third kappa shape index (κ3) is 3.61. The molecule has 0 bridgehead atoms. The van der Waals surface area contributed by atoms with Crippen LogP contribution in [0.15, 0.2) is 70.1 Å². The maximum Gasteiger partial charge on any atom is 0.416 e. The van der Waals surface area contributed by atoms with Gasteiger partial charge in [0.2, 0.25) is 4.96 Å². The topological polar surface area (TPSA) is 73.3 Å². The number of rotatable bonds is 3. The van der Waals surface area contributed by atoms with E-state index in [1.165, 1.54) is 22.7 Å². The molecule has 0 saturated heterocycles. The number of hydrogen-bond donors (Lipinski definition) is 0. The molecular weight excluding hydrogens is 429 g/mol. The van der Waals surface area contributed by atoms with Gasteiger partial charge in [0.05, 0.1) is 5.56 Å². The minimum atomic E-state index is -4.44. The standard InChI is InChI=1S/C21H11F3N4O2S/c22-21(23,24)14-3-1-2-13(10-14)16-5-4-15(30-16)11-17-19(29)28-20(31-17)26-18(27-28)12-6-8-25-9-7-12/h1-11H. The summed E-state index contributed by atoms with van der Waals surface area (Å²) in [6, 6.07) is 11.5. The van der Waals surface area contributed by atoms with Crippen LogP contribution in [0.3, 0.4) is 0 Å². The fourth-order valence-electron chi connectivity index (χ4n) is 3.02. The van der Waals surface area contributed by atoms with Crippen molar-refractivity contribution in [3.05, 3.63) is 87.1 Å². The van der Waals surface area contributed by atoms with Gasteiger partial charge < -0.3 is 4.42 Å². The van der Waals surface area contributed by atoms with Crippen molar-refractivity contribution in [2.24, 2.45) is 0 Å². The number of halogens is 3. The Morgan fingerprint density at radius 2 is 1.84 bits per heavy atom. The highest BCUT2D eigenvalue weighted by molar-refractivity contribution is 7.15. The van der Waals surface area contributed by atoms with Crippen LogP contribution in [0.4, 0.5) is 13.2 Å². The number of fused-ring (bicyclic) bond motifs is 1. The number of nitrogens with zero attached hydrogens (tertiary/aromatic N) is 4. The van der Waals surface area contributed by atoms with Crippen LogP contribution in [-0.4, -0.2) is 19.6 Å². The number of hydrogen-bond acceptors (Lipinski definition) is 6. The van der Waals surface area contributed by atoms with Crippen molar-refractivity contribution in [2.45, 2.75) is 6.18 Å². The first-order valence-electron chi connectivity index (χ1n) is 8.98. The van der Waals surface area contributed by atoms with E-state index in [-0.39, 0.29) is 11.3 Å². The lowest BCUT2D eigenvalue weighted by atomic mass is 10.1. The lowest BCUT2D eigenvalue weighted by Crippen LogP contribution is -2.23. The minimum absolute atomic E-state index is 0.268. The Balaban J connectivity index is 1.49. The molecule has 154 valence electrons. The number of aromatic nitrogens is 4. The highest BCUT2D eigenvalue weighted by Crippen LogP contribution is 2.32. The van der Waals surface area contributed by atoms with Crippen LogP contribution in [0.25, 0.3) is 33.7 Å². The van der Waals surface area contributed by atoms with E-state index >= 15 is 0 Å². The minimum Gasteiger partial charge on any atom is -0.457 e. The molecule has 0 radical (unpaired) electrons. The molecule has 10 heteroatoms. The number of furan rings is 1. The van der Waals surface area contributed by atoms with Gasteiger partial charge in [-0.1, -0.05) is 23.5 Å². The van der Waals surface area contributed by atoms with E-state index in [9.17, 15) is 18.0 Å². The van der Waals surface area contributed by atoms with Gasteiger partial charge in [-0.25, -0.2) is 0 Å². The van der Waals surface area contributed by atoms with E-state index in [0.29, 0.717) is 26.6 Å². The molecule has 0 saturated carbocycles. The van der Waals surface area contributed by atoms with Crippen molar-refractivity contribution in [3.63, 3.8) is 0 Å². The molecule has 6 nitrogen and oxygen atoms in total. The molecule has 1 aromatic carbocycles. The van der Waals surface area contributed by atoms with Crippen molar-refractivity contribution in [2.75, 3.05) is 0 Å². The summed E-state index contributed by atoms with van der Waals surface area (Å²) in [6.45, 7) is 0. The van der Waals surface area contributed by atoms with Crippen LogP contribution in [0.2, 0.25) is 0 Å².